The lowest BCUT2D eigenvalue weighted by Gasteiger charge is -2.15. The van der Waals surface area contributed by atoms with Crippen molar-refractivity contribution in [1.29, 1.82) is 0 Å². The Morgan fingerprint density at radius 3 is 2.61 bits per heavy atom. The molecule has 0 radical (unpaired) electrons. The van der Waals surface area contributed by atoms with E-state index < -0.39 is 0 Å². The maximum absolute atomic E-state index is 12.1. The zero-order valence-corrected chi connectivity index (χ0v) is 15.3. The number of carbonyl (C=O) groups excluding carboxylic acids is 1. The standard InChI is InChI=1S/C17H28N2O3.ClH/c1-5-21-9-10-22-12-15-7-6-8-16(14(15)3)19-17(20)13(2)11-18-4;/h6-8,13,18H,5,9-12H2,1-4H3,(H,19,20);1H. The zero-order chi connectivity index (χ0) is 16.4. The van der Waals surface area contributed by atoms with Crippen molar-refractivity contribution < 1.29 is 14.3 Å². The molecule has 2 N–H and O–H groups in total. The van der Waals surface area contributed by atoms with Gasteiger partial charge in [0.25, 0.3) is 0 Å². The summed E-state index contributed by atoms with van der Waals surface area (Å²) in [5.74, 6) is -0.0534. The van der Waals surface area contributed by atoms with E-state index >= 15 is 0 Å². The van der Waals surface area contributed by atoms with Gasteiger partial charge in [-0.15, -0.1) is 12.4 Å². The number of halogens is 1. The number of hydrogen-bond donors (Lipinski definition) is 2. The summed E-state index contributed by atoms with van der Waals surface area (Å²) >= 11 is 0. The molecule has 132 valence electrons. The zero-order valence-electron chi connectivity index (χ0n) is 14.5. The first-order chi connectivity index (χ1) is 10.6. The third-order valence-corrected chi connectivity index (χ3v) is 3.50. The van der Waals surface area contributed by atoms with Gasteiger partial charge in [-0.25, -0.2) is 0 Å². The van der Waals surface area contributed by atoms with Gasteiger partial charge >= 0.3 is 0 Å². The lowest BCUT2D eigenvalue weighted by atomic mass is 10.1. The second-order valence-corrected chi connectivity index (χ2v) is 5.29. The van der Waals surface area contributed by atoms with Gasteiger partial charge in [0.15, 0.2) is 0 Å². The Kier molecular flexibility index (Phi) is 11.7. The van der Waals surface area contributed by atoms with Crippen LogP contribution in [0.2, 0.25) is 0 Å². The number of benzene rings is 1. The molecule has 1 atom stereocenters. The lowest BCUT2D eigenvalue weighted by molar-refractivity contribution is -0.119. The van der Waals surface area contributed by atoms with Crippen molar-refractivity contribution in [2.45, 2.75) is 27.4 Å². The molecule has 0 aromatic heterocycles. The van der Waals surface area contributed by atoms with Crippen LogP contribution in [0, 0.1) is 12.8 Å². The first-order valence-corrected chi connectivity index (χ1v) is 7.79. The highest BCUT2D eigenvalue weighted by molar-refractivity contribution is 5.93. The molecule has 0 aliphatic rings. The second-order valence-electron chi connectivity index (χ2n) is 5.29. The quantitative estimate of drug-likeness (QED) is 0.641. The highest BCUT2D eigenvalue weighted by atomic mass is 35.5. The van der Waals surface area contributed by atoms with Crippen molar-refractivity contribution in [2.24, 2.45) is 5.92 Å². The average molecular weight is 345 g/mol. The van der Waals surface area contributed by atoms with Crippen molar-refractivity contribution >= 4 is 24.0 Å². The van der Waals surface area contributed by atoms with Crippen molar-refractivity contribution in [2.75, 3.05) is 38.7 Å². The normalized spacial score (nSPS) is 11.7. The molecule has 6 heteroatoms. The summed E-state index contributed by atoms with van der Waals surface area (Å²) in [4.78, 5) is 12.1. The number of ether oxygens (including phenoxy) is 2. The molecule has 0 aliphatic heterocycles. The average Bonchev–Trinajstić information content (AvgIpc) is 2.50. The van der Waals surface area contributed by atoms with Crippen LogP contribution in [-0.4, -0.2) is 39.3 Å². The predicted molar refractivity (Wildman–Crippen MR) is 96.3 cm³/mol. The molecule has 1 unspecified atom stereocenters. The van der Waals surface area contributed by atoms with Gasteiger partial charge in [0.1, 0.15) is 0 Å². The van der Waals surface area contributed by atoms with Gasteiger partial charge < -0.3 is 20.1 Å². The van der Waals surface area contributed by atoms with E-state index in [0.717, 1.165) is 16.8 Å². The molecule has 0 saturated carbocycles. The van der Waals surface area contributed by atoms with E-state index in [2.05, 4.69) is 10.6 Å². The molecule has 1 amide bonds. The minimum Gasteiger partial charge on any atom is -0.379 e. The number of nitrogens with one attached hydrogen (secondary N) is 2. The van der Waals surface area contributed by atoms with Crippen LogP contribution >= 0.6 is 12.4 Å². The highest BCUT2D eigenvalue weighted by Gasteiger charge is 2.13. The molecule has 0 spiro atoms. The van der Waals surface area contributed by atoms with Crippen LogP contribution in [0.4, 0.5) is 5.69 Å². The van der Waals surface area contributed by atoms with E-state index in [0.29, 0.717) is 33.0 Å². The Labute approximate surface area is 145 Å². The summed E-state index contributed by atoms with van der Waals surface area (Å²) in [6.45, 7) is 8.93. The van der Waals surface area contributed by atoms with Gasteiger partial charge in [-0.2, -0.15) is 0 Å². The minimum atomic E-state index is -0.0736. The molecular formula is C17H29ClN2O3. The number of amides is 1. The van der Waals surface area contributed by atoms with Gasteiger partial charge in [-0.1, -0.05) is 19.1 Å². The Balaban J connectivity index is 0.00000484. The van der Waals surface area contributed by atoms with Gasteiger partial charge in [0.2, 0.25) is 5.91 Å². The fourth-order valence-electron chi connectivity index (χ4n) is 2.07. The van der Waals surface area contributed by atoms with Crippen LogP contribution in [0.1, 0.15) is 25.0 Å². The molecule has 1 rings (SSSR count). The summed E-state index contributed by atoms with van der Waals surface area (Å²) in [5.41, 5.74) is 2.97. The third kappa shape index (κ3) is 7.79. The maximum Gasteiger partial charge on any atom is 0.228 e. The molecule has 1 aromatic carbocycles. The first-order valence-electron chi connectivity index (χ1n) is 7.79. The van der Waals surface area contributed by atoms with Crippen LogP contribution in [0.25, 0.3) is 0 Å². The summed E-state index contributed by atoms with van der Waals surface area (Å²) in [6, 6.07) is 5.87. The lowest BCUT2D eigenvalue weighted by Crippen LogP contribution is -2.28. The number of anilines is 1. The van der Waals surface area contributed by atoms with Crippen LogP contribution in [-0.2, 0) is 20.9 Å². The van der Waals surface area contributed by atoms with E-state index in [-0.39, 0.29) is 24.2 Å². The fourth-order valence-corrected chi connectivity index (χ4v) is 2.07. The van der Waals surface area contributed by atoms with Crippen molar-refractivity contribution in [3.8, 4) is 0 Å². The van der Waals surface area contributed by atoms with Crippen LogP contribution in [0.3, 0.4) is 0 Å². The van der Waals surface area contributed by atoms with Crippen molar-refractivity contribution in [3.05, 3.63) is 29.3 Å². The molecular weight excluding hydrogens is 316 g/mol. The Bertz CT molecular complexity index is 469. The topological polar surface area (TPSA) is 59.6 Å². The van der Waals surface area contributed by atoms with Gasteiger partial charge in [0.05, 0.1) is 19.8 Å². The van der Waals surface area contributed by atoms with Gasteiger partial charge in [0, 0.05) is 24.8 Å². The van der Waals surface area contributed by atoms with Gasteiger partial charge in [-0.05, 0) is 38.1 Å². The Morgan fingerprint density at radius 1 is 1.26 bits per heavy atom. The molecule has 0 aliphatic carbocycles. The minimum absolute atomic E-state index is 0. The van der Waals surface area contributed by atoms with Crippen molar-refractivity contribution in [1.82, 2.24) is 5.32 Å². The van der Waals surface area contributed by atoms with Crippen LogP contribution in [0.5, 0.6) is 0 Å². The van der Waals surface area contributed by atoms with Crippen LogP contribution in [0.15, 0.2) is 18.2 Å². The largest absolute Gasteiger partial charge is 0.379 e. The third-order valence-electron chi connectivity index (χ3n) is 3.50. The molecule has 23 heavy (non-hydrogen) atoms. The first kappa shape index (κ1) is 21.9. The SMILES string of the molecule is CCOCCOCc1cccc(NC(=O)C(C)CNC)c1C.Cl. The molecule has 0 fully saturated rings. The molecule has 0 saturated heterocycles. The summed E-state index contributed by atoms with van der Waals surface area (Å²) < 4.78 is 10.8. The number of rotatable bonds is 10. The van der Waals surface area contributed by atoms with E-state index in [4.69, 9.17) is 9.47 Å². The summed E-state index contributed by atoms with van der Waals surface area (Å²) in [7, 11) is 1.84. The number of carbonyl (C=O) groups is 1. The summed E-state index contributed by atoms with van der Waals surface area (Å²) in [6.07, 6.45) is 0. The van der Waals surface area contributed by atoms with Crippen molar-refractivity contribution in [3.63, 3.8) is 0 Å². The van der Waals surface area contributed by atoms with Gasteiger partial charge in [-0.3, -0.25) is 4.79 Å². The summed E-state index contributed by atoms with van der Waals surface area (Å²) in [5, 5.41) is 6.00. The fraction of sp³-hybridized carbons (Fsp3) is 0.588. The smallest absolute Gasteiger partial charge is 0.228 e. The molecule has 0 heterocycles. The van der Waals surface area contributed by atoms with E-state index in [1.54, 1.807) is 0 Å². The maximum atomic E-state index is 12.1. The Morgan fingerprint density at radius 2 is 1.96 bits per heavy atom. The second kappa shape index (κ2) is 12.3. The highest BCUT2D eigenvalue weighted by Crippen LogP contribution is 2.20. The van der Waals surface area contributed by atoms with E-state index in [1.165, 1.54) is 0 Å². The van der Waals surface area contributed by atoms with E-state index in [9.17, 15) is 4.79 Å². The molecule has 5 nitrogen and oxygen atoms in total. The van der Waals surface area contributed by atoms with Crippen LogP contribution < -0.4 is 10.6 Å². The number of hydrogen-bond acceptors (Lipinski definition) is 4. The molecule has 0 bridgehead atoms. The monoisotopic (exact) mass is 344 g/mol. The predicted octanol–water partition coefficient (Wildman–Crippen LogP) is 2.76. The Hall–Kier alpha value is -1.14. The molecule has 1 aromatic rings. The van der Waals surface area contributed by atoms with E-state index in [1.807, 2.05) is 46.0 Å².